The zero-order chi connectivity index (χ0) is 13.7. The maximum absolute atomic E-state index is 12.2. The van der Waals surface area contributed by atoms with Gasteiger partial charge in [0.05, 0.1) is 5.56 Å². The molecule has 0 radical (unpaired) electrons. The molecule has 1 fully saturated rings. The average molecular weight is 335 g/mol. The highest BCUT2D eigenvalue weighted by Crippen LogP contribution is 2.12. The van der Waals surface area contributed by atoms with Crippen molar-refractivity contribution in [2.45, 2.75) is 38.8 Å². The third-order valence-corrected chi connectivity index (χ3v) is 3.15. The van der Waals surface area contributed by atoms with E-state index in [1.165, 1.54) is 6.42 Å². The number of amides is 1. The Balaban J connectivity index is 0.00000200. The molecule has 5 nitrogen and oxygen atoms in total. The molecule has 0 bridgehead atoms. The standard InChI is InChI=1S/C14H22N4O.2ClH/c1-10(2)18-13-12(6-4-8-16-13)14(19)17-9-11-5-3-7-15-11;;/h4,6,8,10-11,15H,3,5,7,9H2,1-2H3,(H,16,18)(H,17,19);2*1H. The summed E-state index contributed by atoms with van der Waals surface area (Å²) in [5, 5.41) is 9.53. The van der Waals surface area contributed by atoms with Crippen molar-refractivity contribution in [2.24, 2.45) is 0 Å². The van der Waals surface area contributed by atoms with Gasteiger partial charge in [-0.05, 0) is 45.4 Å². The number of anilines is 1. The van der Waals surface area contributed by atoms with E-state index < -0.39 is 0 Å². The summed E-state index contributed by atoms with van der Waals surface area (Å²) in [6, 6.07) is 4.24. The second-order valence-corrected chi connectivity index (χ2v) is 5.20. The van der Waals surface area contributed by atoms with Crippen LogP contribution in [-0.2, 0) is 0 Å². The minimum atomic E-state index is -0.0649. The molecule has 2 rings (SSSR count). The van der Waals surface area contributed by atoms with E-state index in [1.807, 2.05) is 13.8 Å². The van der Waals surface area contributed by atoms with Crippen LogP contribution in [0.1, 0.15) is 37.0 Å². The van der Waals surface area contributed by atoms with Crippen molar-refractivity contribution in [1.82, 2.24) is 15.6 Å². The molecule has 1 aliphatic heterocycles. The first kappa shape index (κ1) is 20.0. The Kier molecular flexibility index (Phi) is 9.33. The fraction of sp³-hybridized carbons (Fsp3) is 0.571. The first-order valence-electron chi connectivity index (χ1n) is 6.90. The third-order valence-electron chi connectivity index (χ3n) is 3.15. The van der Waals surface area contributed by atoms with Crippen LogP contribution in [-0.4, -0.2) is 36.1 Å². The number of hydrogen-bond acceptors (Lipinski definition) is 4. The summed E-state index contributed by atoms with van der Waals surface area (Å²) in [5.74, 6) is 0.583. The number of carbonyl (C=O) groups is 1. The van der Waals surface area contributed by atoms with Crippen LogP contribution in [0, 0.1) is 0 Å². The van der Waals surface area contributed by atoms with E-state index in [0.29, 0.717) is 24.0 Å². The predicted molar refractivity (Wildman–Crippen MR) is 90.8 cm³/mol. The van der Waals surface area contributed by atoms with Crippen LogP contribution >= 0.6 is 24.8 Å². The highest BCUT2D eigenvalue weighted by atomic mass is 35.5. The number of nitrogens with zero attached hydrogens (tertiary/aromatic N) is 1. The summed E-state index contributed by atoms with van der Waals surface area (Å²) < 4.78 is 0. The highest BCUT2D eigenvalue weighted by molar-refractivity contribution is 5.98. The quantitative estimate of drug-likeness (QED) is 0.772. The number of hydrogen-bond donors (Lipinski definition) is 3. The number of halogens is 2. The SMILES string of the molecule is CC(C)Nc1ncccc1C(=O)NCC1CCCN1.Cl.Cl. The van der Waals surface area contributed by atoms with Gasteiger partial charge in [0.15, 0.2) is 0 Å². The second kappa shape index (κ2) is 9.82. The summed E-state index contributed by atoms with van der Waals surface area (Å²) in [6.07, 6.45) is 4.01. The van der Waals surface area contributed by atoms with Gasteiger partial charge in [-0.1, -0.05) is 0 Å². The van der Waals surface area contributed by atoms with Crippen molar-refractivity contribution >= 4 is 36.5 Å². The lowest BCUT2D eigenvalue weighted by Gasteiger charge is -2.15. The van der Waals surface area contributed by atoms with E-state index in [9.17, 15) is 4.79 Å². The molecule has 1 saturated heterocycles. The monoisotopic (exact) mass is 334 g/mol. The lowest BCUT2D eigenvalue weighted by Crippen LogP contribution is -2.37. The van der Waals surface area contributed by atoms with Gasteiger partial charge in [0.2, 0.25) is 0 Å². The predicted octanol–water partition coefficient (Wildman–Crippen LogP) is 2.23. The van der Waals surface area contributed by atoms with Crippen molar-refractivity contribution in [3.05, 3.63) is 23.9 Å². The van der Waals surface area contributed by atoms with Gasteiger partial charge in [0, 0.05) is 24.8 Å². The van der Waals surface area contributed by atoms with Gasteiger partial charge >= 0.3 is 0 Å². The van der Waals surface area contributed by atoms with Gasteiger partial charge in [0.25, 0.3) is 5.91 Å². The number of rotatable bonds is 5. The molecule has 3 N–H and O–H groups in total. The zero-order valence-corrected chi connectivity index (χ0v) is 14.0. The number of pyridine rings is 1. The van der Waals surface area contributed by atoms with Crippen molar-refractivity contribution in [3.8, 4) is 0 Å². The minimum Gasteiger partial charge on any atom is -0.367 e. The molecule has 7 heteroatoms. The third kappa shape index (κ3) is 6.08. The van der Waals surface area contributed by atoms with E-state index in [-0.39, 0.29) is 36.8 Å². The summed E-state index contributed by atoms with van der Waals surface area (Å²) in [7, 11) is 0. The Morgan fingerprint density at radius 3 is 2.86 bits per heavy atom. The lowest BCUT2D eigenvalue weighted by atomic mass is 10.2. The lowest BCUT2D eigenvalue weighted by molar-refractivity contribution is 0.0951. The van der Waals surface area contributed by atoms with E-state index in [2.05, 4.69) is 20.9 Å². The largest absolute Gasteiger partial charge is 0.367 e. The zero-order valence-electron chi connectivity index (χ0n) is 12.4. The van der Waals surface area contributed by atoms with Crippen LogP contribution in [0.2, 0.25) is 0 Å². The number of aromatic nitrogens is 1. The fourth-order valence-corrected chi connectivity index (χ4v) is 2.22. The van der Waals surface area contributed by atoms with Gasteiger partial charge in [-0.25, -0.2) is 4.98 Å². The second-order valence-electron chi connectivity index (χ2n) is 5.20. The molecule has 0 aliphatic carbocycles. The molecule has 0 saturated carbocycles. The maximum Gasteiger partial charge on any atom is 0.255 e. The van der Waals surface area contributed by atoms with Crippen LogP contribution in [0.25, 0.3) is 0 Å². The molecule has 1 aliphatic rings. The van der Waals surface area contributed by atoms with Crippen LogP contribution < -0.4 is 16.0 Å². The van der Waals surface area contributed by atoms with Crippen molar-refractivity contribution < 1.29 is 4.79 Å². The first-order chi connectivity index (χ1) is 9.16. The summed E-state index contributed by atoms with van der Waals surface area (Å²) >= 11 is 0. The van der Waals surface area contributed by atoms with Gasteiger partial charge in [-0.15, -0.1) is 24.8 Å². The molecule has 1 amide bonds. The Bertz CT molecular complexity index is 437. The van der Waals surface area contributed by atoms with Gasteiger partial charge in [0.1, 0.15) is 5.82 Å². The summed E-state index contributed by atoms with van der Waals surface area (Å²) in [5.41, 5.74) is 0.606. The molecular formula is C14H24Cl2N4O. The Labute approximate surface area is 138 Å². The van der Waals surface area contributed by atoms with Crippen molar-refractivity contribution in [2.75, 3.05) is 18.4 Å². The van der Waals surface area contributed by atoms with E-state index in [1.54, 1.807) is 18.3 Å². The topological polar surface area (TPSA) is 66.0 Å². The van der Waals surface area contributed by atoms with E-state index in [0.717, 1.165) is 13.0 Å². The molecule has 1 unspecified atom stereocenters. The van der Waals surface area contributed by atoms with Gasteiger partial charge in [-0.3, -0.25) is 4.79 Å². The molecule has 120 valence electrons. The summed E-state index contributed by atoms with van der Waals surface area (Å²) in [4.78, 5) is 16.4. The molecular weight excluding hydrogens is 311 g/mol. The highest BCUT2D eigenvalue weighted by Gasteiger charge is 2.17. The minimum absolute atomic E-state index is 0. The molecule has 1 aromatic rings. The molecule has 2 heterocycles. The number of carbonyl (C=O) groups excluding carboxylic acids is 1. The molecule has 0 spiro atoms. The molecule has 1 aromatic heterocycles. The van der Waals surface area contributed by atoms with Crippen LogP contribution in [0.3, 0.4) is 0 Å². The Morgan fingerprint density at radius 2 is 2.24 bits per heavy atom. The Morgan fingerprint density at radius 1 is 1.48 bits per heavy atom. The van der Waals surface area contributed by atoms with Crippen LogP contribution in [0.5, 0.6) is 0 Å². The van der Waals surface area contributed by atoms with Crippen molar-refractivity contribution in [1.29, 1.82) is 0 Å². The smallest absolute Gasteiger partial charge is 0.255 e. The Hall–Kier alpha value is -1.04. The van der Waals surface area contributed by atoms with E-state index in [4.69, 9.17) is 0 Å². The van der Waals surface area contributed by atoms with Crippen LogP contribution in [0.4, 0.5) is 5.82 Å². The normalized spacial score (nSPS) is 16.8. The van der Waals surface area contributed by atoms with Gasteiger partial charge in [-0.2, -0.15) is 0 Å². The van der Waals surface area contributed by atoms with E-state index >= 15 is 0 Å². The van der Waals surface area contributed by atoms with Crippen LogP contribution in [0.15, 0.2) is 18.3 Å². The molecule has 21 heavy (non-hydrogen) atoms. The van der Waals surface area contributed by atoms with Crippen molar-refractivity contribution in [3.63, 3.8) is 0 Å². The van der Waals surface area contributed by atoms with Gasteiger partial charge < -0.3 is 16.0 Å². The first-order valence-corrected chi connectivity index (χ1v) is 6.90. The number of nitrogens with one attached hydrogen (secondary N) is 3. The fourth-order valence-electron chi connectivity index (χ4n) is 2.22. The molecule has 1 atom stereocenters. The molecule has 0 aromatic carbocycles. The maximum atomic E-state index is 12.2. The average Bonchev–Trinajstić information content (AvgIpc) is 2.89. The summed E-state index contributed by atoms with van der Waals surface area (Å²) in [6.45, 7) is 5.78.